The van der Waals surface area contributed by atoms with Crippen LogP contribution in [0.1, 0.15) is 11.1 Å². The first-order valence-electron chi connectivity index (χ1n) is 17.6. The third-order valence-electron chi connectivity index (χ3n) is 10.8. The Kier molecular flexibility index (Phi) is 6.02. The molecule has 0 aliphatic rings. The zero-order valence-corrected chi connectivity index (χ0v) is 28.2. The molecule has 244 valence electrons. The third-order valence-corrected chi connectivity index (χ3v) is 10.8. The first-order valence-corrected chi connectivity index (χ1v) is 17.6. The predicted molar refractivity (Wildman–Crippen MR) is 215 cm³/mol. The summed E-state index contributed by atoms with van der Waals surface area (Å²) < 4.78 is 10.6. The van der Waals surface area contributed by atoms with Gasteiger partial charge >= 0.3 is 0 Å². The summed E-state index contributed by atoms with van der Waals surface area (Å²) in [5, 5.41) is 30.5. The van der Waals surface area contributed by atoms with Crippen LogP contribution in [0.25, 0.3) is 98.8 Å². The van der Waals surface area contributed by atoms with Gasteiger partial charge in [0.15, 0.2) is 0 Å². The largest absolute Gasteiger partial charge is 0.456 e. The van der Waals surface area contributed by atoms with E-state index in [-0.39, 0.29) is 0 Å². The molecule has 0 saturated heterocycles. The highest BCUT2D eigenvalue weighted by atomic mass is 16.3. The van der Waals surface area contributed by atoms with Gasteiger partial charge in [-0.25, -0.2) is 0 Å². The van der Waals surface area contributed by atoms with Crippen LogP contribution in [0.3, 0.4) is 0 Å². The lowest BCUT2D eigenvalue weighted by Gasteiger charge is -2.16. The molecule has 3 heterocycles. The zero-order chi connectivity index (χ0) is 35.2. The van der Waals surface area contributed by atoms with Crippen molar-refractivity contribution < 1.29 is 4.42 Å². The van der Waals surface area contributed by atoms with Crippen LogP contribution in [0.4, 0.5) is 0 Å². The predicted octanol–water partition coefficient (Wildman–Crippen LogP) is 12.3. The monoisotopic (exact) mass is 674 g/mol. The van der Waals surface area contributed by atoms with Crippen molar-refractivity contribution in [1.82, 2.24) is 9.13 Å². The fourth-order valence-electron chi connectivity index (χ4n) is 8.50. The van der Waals surface area contributed by atoms with Gasteiger partial charge in [-0.1, -0.05) is 103 Å². The molecule has 0 fully saturated rings. The van der Waals surface area contributed by atoms with Crippen LogP contribution in [0.5, 0.6) is 0 Å². The number of hydrogen-bond donors (Lipinski definition) is 0. The number of rotatable bonds is 3. The van der Waals surface area contributed by atoms with Crippen molar-refractivity contribution in [3.63, 3.8) is 0 Å². The Hall–Kier alpha value is -7.60. The third kappa shape index (κ3) is 4.05. The minimum absolute atomic E-state index is 0.461. The molecule has 0 N–H and O–H groups in total. The maximum absolute atomic E-state index is 10.9. The van der Waals surface area contributed by atoms with E-state index in [0.29, 0.717) is 22.5 Å². The second-order valence-corrected chi connectivity index (χ2v) is 13.5. The number of nitriles is 2. The molecule has 53 heavy (non-hydrogen) atoms. The van der Waals surface area contributed by atoms with E-state index in [0.717, 1.165) is 87.4 Å². The molecule has 0 bridgehead atoms. The minimum Gasteiger partial charge on any atom is -0.456 e. The number of para-hydroxylation sites is 2. The van der Waals surface area contributed by atoms with Crippen molar-refractivity contribution in [1.29, 1.82) is 10.5 Å². The number of nitrogens with zero attached hydrogens (tertiary/aromatic N) is 4. The molecular weight excluding hydrogens is 649 g/mol. The number of benzene rings is 8. The SMILES string of the molecule is N#Cc1cc(-n2c3ccccc3c3ccc4oc5ccccc5c4c32)c(C#N)cc1-n1c2ccc(-c3ccccc3)cc2c2c3ccccc3ccc21. The molecule has 0 saturated carbocycles. The van der Waals surface area contributed by atoms with Crippen molar-refractivity contribution in [3.8, 4) is 34.6 Å². The van der Waals surface area contributed by atoms with Crippen LogP contribution in [-0.4, -0.2) is 9.13 Å². The molecule has 11 aromatic rings. The Labute approximate surface area is 303 Å². The summed E-state index contributed by atoms with van der Waals surface area (Å²) in [4.78, 5) is 0. The number of hydrogen-bond acceptors (Lipinski definition) is 3. The van der Waals surface area contributed by atoms with E-state index in [1.165, 1.54) is 0 Å². The molecule has 0 radical (unpaired) electrons. The van der Waals surface area contributed by atoms with Gasteiger partial charge in [-0.2, -0.15) is 10.5 Å². The fourth-order valence-corrected chi connectivity index (χ4v) is 8.50. The lowest BCUT2D eigenvalue weighted by atomic mass is 10.0. The first kappa shape index (κ1) is 29.2. The van der Waals surface area contributed by atoms with Gasteiger partial charge in [-0.15, -0.1) is 0 Å². The molecule has 0 aliphatic carbocycles. The quantitative estimate of drug-likeness (QED) is 0.187. The van der Waals surface area contributed by atoms with E-state index < -0.39 is 0 Å². The minimum atomic E-state index is 0.461. The van der Waals surface area contributed by atoms with Crippen molar-refractivity contribution in [2.75, 3.05) is 0 Å². The highest BCUT2D eigenvalue weighted by Gasteiger charge is 2.24. The molecule has 0 unspecified atom stereocenters. The Morgan fingerprint density at radius 3 is 1.89 bits per heavy atom. The summed E-state index contributed by atoms with van der Waals surface area (Å²) in [5.74, 6) is 0. The van der Waals surface area contributed by atoms with Crippen LogP contribution >= 0.6 is 0 Å². The van der Waals surface area contributed by atoms with E-state index in [1.807, 2.05) is 54.6 Å². The van der Waals surface area contributed by atoms with Crippen LogP contribution < -0.4 is 0 Å². The number of fused-ring (bicyclic) bond motifs is 12. The van der Waals surface area contributed by atoms with Crippen LogP contribution in [0.15, 0.2) is 162 Å². The van der Waals surface area contributed by atoms with Gasteiger partial charge in [0.25, 0.3) is 0 Å². The second kappa shape index (κ2) is 10.9. The Balaban J connectivity index is 1.25. The normalized spacial score (nSPS) is 11.7. The van der Waals surface area contributed by atoms with Crippen LogP contribution in [-0.2, 0) is 0 Å². The molecule has 0 atom stereocenters. The average Bonchev–Trinajstić information content (AvgIpc) is 3.88. The Morgan fingerprint density at radius 1 is 0.415 bits per heavy atom. The molecule has 0 aliphatic heterocycles. The summed E-state index contributed by atoms with van der Waals surface area (Å²) in [6.45, 7) is 0. The Bertz CT molecular complexity index is 3420. The molecule has 11 rings (SSSR count). The first-order chi connectivity index (χ1) is 26.2. The van der Waals surface area contributed by atoms with Crippen molar-refractivity contribution in [2.45, 2.75) is 0 Å². The van der Waals surface area contributed by atoms with Crippen molar-refractivity contribution in [2.24, 2.45) is 0 Å². The summed E-state index contributed by atoms with van der Waals surface area (Å²) >= 11 is 0. The van der Waals surface area contributed by atoms with Gasteiger partial charge in [-0.05, 0) is 76.5 Å². The number of furan rings is 1. The van der Waals surface area contributed by atoms with E-state index in [2.05, 4.69) is 124 Å². The summed E-state index contributed by atoms with van der Waals surface area (Å²) in [5.41, 5.74) is 9.89. The molecule has 8 aromatic carbocycles. The van der Waals surface area contributed by atoms with E-state index in [4.69, 9.17) is 4.42 Å². The average molecular weight is 675 g/mol. The summed E-state index contributed by atoms with van der Waals surface area (Å²) in [7, 11) is 0. The summed E-state index contributed by atoms with van der Waals surface area (Å²) in [6, 6.07) is 58.9. The van der Waals surface area contributed by atoms with Crippen molar-refractivity contribution >= 4 is 76.3 Å². The summed E-state index contributed by atoms with van der Waals surface area (Å²) in [6.07, 6.45) is 0. The van der Waals surface area contributed by atoms with Gasteiger partial charge in [0.05, 0.1) is 50.0 Å². The van der Waals surface area contributed by atoms with Gasteiger partial charge in [-0.3, -0.25) is 0 Å². The standard InChI is InChI=1S/C48H26N4O/c49-27-32-26-43(52-39-16-8-6-14-35(39)36-20-23-45-47(48(36)52)37-15-7-9-17-44(37)53-45)33(28-50)25-42(32)51-40-21-19-31(29-10-2-1-3-11-29)24-38(40)46-34-13-5-4-12-30(34)18-22-41(46)51/h1-26H. The maximum atomic E-state index is 10.9. The van der Waals surface area contributed by atoms with Gasteiger partial charge in [0.1, 0.15) is 23.3 Å². The van der Waals surface area contributed by atoms with Crippen LogP contribution in [0, 0.1) is 22.7 Å². The lowest BCUT2D eigenvalue weighted by molar-refractivity contribution is 0.669. The second-order valence-electron chi connectivity index (χ2n) is 13.5. The van der Waals surface area contributed by atoms with E-state index in [9.17, 15) is 10.5 Å². The molecule has 0 amide bonds. The topological polar surface area (TPSA) is 70.6 Å². The highest BCUT2D eigenvalue weighted by molar-refractivity contribution is 6.25. The van der Waals surface area contributed by atoms with Gasteiger partial charge in [0, 0.05) is 26.9 Å². The molecule has 5 heteroatoms. The highest BCUT2D eigenvalue weighted by Crippen LogP contribution is 2.43. The lowest BCUT2D eigenvalue weighted by Crippen LogP contribution is -2.04. The van der Waals surface area contributed by atoms with Gasteiger partial charge in [0.2, 0.25) is 0 Å². The smallest absolute Gasteiger partial charge is 0.137 e. The van der Waals surface area contributed by atoms with E-state index in [1.54, 1.807) is 0 Å². The van der Waals surface area contributed by atoms with E-state index >= 15 is 0 Å². The molecule has 3 aromatic heterocycles. The maximum Gasteiger partial charge on any atom is 0.137 e. The van der Waals surface area contributed by atoms with Crippen molar-refractivity contribution in [3.05, 3.63) is 169 Å². The fraction of sp³-hybridized carbons (Fsp3) is 0. The zero-order valence-electron chi connectivity index (χ0n) is 28.2. The number of aromatic nitrogens is 2. The molecular formula is C48H26N4O. The molecule has 5 nitrogen and oxygen atoms in total. The van der Waals surface area contributed by atoms with Gasteiger partial charge < -0.3 is 13.6 Å². The van der Waals surface area contributed by atoms with Crippen LogP contribution in [0.2, 0.25) is 0 Å². The Morgan fingerprint density at radius 2 is 1.08 bits per heavy atom. The molecule has 0 spiro atoms.